The van der Waals surface area contributed by atoms with E-state index in [4.69, 9.17) is 16.1 Å². The number of halogens is 2. The first kappa shape index (κ1) is 28.3. The highest BCUT2D eigenvalue weighted by Crippen LogP contribution is 2.34. The number of pyridine rings is 2. The van der Waals surface area contributed by atoms with Gasteiger partial charge in [0, 0.05) is 55.3 Å². The quantitative estimate of drug-likeness (QED) is 0.271. The highest BCUT2D eigenvalue weighted by atomic mass is 19.1. The van der Waals surface area contributed by atoms with Crippen molar-refractivity contribution in [1.29, 1.82) is 5.41 Å². The fourth-order valence-corrected chi connectivity index (χ4v) is 6.16. The summed E-state index contributed by atoms with van der Waals surface area (Å²) in [6.45, 7) is 0.836. The number of rotatable bonds is 2. The second-order valence-corrected chi connectivity index (χ2v) is 11.2. The Hall–Kier alpha value is -5.53. The average molecular weight is 610 g/mol. The zero-order chi connectivity index (χ0) is 31.2. The van der Waals surface area contributed by atoms with Gasteiger partial charge in [-0.2, -0.15) is 5.10 Å². The molecule has 2 aliphatic rings. The van der Waals surface area contributed by atoms with Gasteiger partial charge in [0.15, 0.2) is 11.5 Å². The van der Waals surface area contributed by atoms with Crippen LogP contribution in [-0.2, 0) is 4.79 Å². The van der Waals surface area contributed by atoms with Crippen LogP contribution < -0.4 is 16.0 Å². The molecule has 1 amide bonds. The van der Waals surface area contributed by atoms with Gasteiger partial charge in [-0.3, -0.25) is 4.79 Å². The number of likely N-dealkylation sites (N-methyl/N-ethyl adjacent to an activating group) is 1. The number of aromatic nitrogens is 6. The summed E-state index contributed by atoms with van der Waals surface area (Å²) in [5.74, 6) is -0.231. The topological polar surface area (TPSA) is 155 Å². The van der Waals surface area contributed by atoms with E-state index in [0.717, 1.165) is 17.7 Å². The number of carbonyl (C=O) groups excluding carboxylic acids is 1. The fourth-order valence-electron chi connectivity index (χ4n) is 6.16. The molecule has 7 rings (SSSR count). The summed E-state index contributed by atoms with van der Waals surface area (Å²) in [7, 11) is 1.75. The van der Waals surface area contributed by atoms with Crippen LogP contribution in [-0.4, -0.2) is 78.5 Å². The maximum atomic E-state index is 14.7. The van der Waals surface area contributed by atoms with Crippen molar-refractivity contribution in [2.75, 3.05) is 36.1 Å². The summed E-state index contributed by atoms with van der Waals surface area (Å²) >= 11 is 0. The van der Waals surface area contributed by atoms with Crippen molar-refractivity contribution in [3.63, 3.8) is 0 Å². The molecule has 1 saturated heterocycles. The molecule has 0 saturated carbocycles. The molecule has 1 aromatic carbocycles. The van der Waals surface area contributed by atoms with Crippen LogP contribution in [0.2, 0.25) is 0 Å². The Morgan fingerprint density at radius 2 is 1.98 bits per heavy atom. The number of fused-ring (bicyclic) bond motifs is 7. The Labute approximate surface area is 256 Å². The summed E-state index contributed by atoms with van der Waals surface area (Å²) in [5, 5.41) is 17.2. The monoisotopic (exact) mass is 609 g/mol. The van der Waals surface area contributed by atoms with Gasteiger partial charge < -0.3 is 26.3 Å². The van der Waals surface area contributed by atoms with Crippen molar-refractivity contribution >= 4 is 40.1 Å². The third-order valence-electron chi connectivity index (χ3n) is 8.30. The lowest BCUT2D eigenvalue weighted by molar-refractivity contribution is -0.131. The van der Waals surface area contributed by atoms with Crippen molar-refractivity contribution in [3.8, 4) is 16.9 Å². The molecule has 4 N–H and O–H groups in total. The third-order valence-corrected chi connectivity index (χ3v) is 8.30. The summed E-state index contributed by atoms with van der Waals surface area (Å²) in [5.41, 5.74) is 8.85. The van der Waals surface area contributed by atoms with Gasteiger partial charge in [0.25, 0.3) is 0 Å². The molecule has 0 radical (unpaired) electrons. The number of carbonyl (C=O) groups is 1. The smallest absolute Gasteiger partial charge is 0.245 e. The Bertz CT molecular complexity index is 1960. The van der Waals surface area contributed by atoms with Crippen molar-refractivity contribution < 1.29 is 13.6 Å². The molecule has 45 heavy (non-hydrogen) atoms. The van der Waals surface area contributed by atoms with E-state index in [0.29, 0.717) is 72.0 Å². The Kier molecular flexibility index (Phi) is 7.03. The lowest BCUT2D eigenvalue weighted by Gasteiger charge is -2.29. The predicted octanol–water partition coefficient (Wildman–Crippen LogP) is 3.81. The number of hydrogen-bond donors (Lipinski definition) is 3. The van der Waals surface area contributed by atoms with Crippen molar-refractivity contribution in [3.05, 3.63) is 78.4 Å². The van der Waals surface area contributed by atoms with Crippen LogP contribution in [0.4, 0.5) is 26.2 Å². The van der Waals surface area contributed by atoms with Gasteiger partial charge in [-0.1, -0.05) is 6.07 Å². The van der Waals surface area contributed by atoms with E-state index in [-0.39, 0.29) is 23.5 Å². The third kappa shape index (κ3) is 5.07. The lowest BCUT2D eigenvalue weighted by Crippen LogP contribution is -2.45. The minimum absolute atomic E-state index is 0.0430. The van der Waals surface area contributed by atoms with E-state index in [1.54, 1.807) is 18.1 Å². The van der Waals surface area contributed by atoms with Crippen LogP contribution in [0.3, 0.4) is 0 Å². The lowest BCUT2D eigenvalue weighted by atomic mass is 9.98. The molecule has 4 bridgehead atoms. The summed E-state index contributed by atoms with van der Waals surface area (Å²) in [6.07, 6.45) is 5.89. The Balaban J connectivity index is 1.28. The summed E-state index contributed by atoms with van der Waals surface area (Å²) < 4.78 is 29.6. The zero-order valence-corrected chi connectivity index (χ0v) is 24.3. The van der Waals surface area contributed by atoms with Crippen LogP contribution in [0.15, 0.2) is 61.2 Å². The first-order valence-electron chi connectivity index (χ1n) is 14.5. The second kappa shape index (κ2) is 11.2. The first-order valence-corrected chi connectivity index (χ1v) is 14.5. The number of benzene rings is 1. The maximum absolute atomic E-state index is 14.7. The second-order valence-electron chi connectivity index (χ2n) is 11.2. The molecule has 0 aliphatic carbocycles. The molecule has 2 unspecified atom stereocenters. The van der Waals surface area contributed by atoms with Gasteiger partial charge in [-0.15, -0.1) is 0 Å². The van der Waals surface area contributed by atoms with Crippen LogP contribution in [0.1, 0.15) is 24.8 Å². The normalized spacial score (nSPS) is 18.8. The van der Waals surface area contributed by atoms with E-state index >= 15 is 0 Å². The van der Waals surface area contributed by atoms with Gasteiger partial charge in [-0.05, 0) is 49.6 Å². The minimum atomic E-state index is -0.780. The molecular weight excluding hydrogens is 580 g/mol. The summed E-state index contributed by atoms with van der Waals surface area (Å²) in [6, 6.07) is 9.90. The number of nitrogens with two attached hydrogens (primary N) is 1. The van der Waals surface area contributed by atoms with Gasteiger partial charge in [0.1, 0.15) is 41.3 Å². The highest BCUT2D eigenvalue weighted by molar-refractivity contribution is 6.07. The number of anilines is 3. The van der Waals surface area contributed by atoms with E-state index in [1.807, 2.05) is 29.2 Å². The number of nitrogens with one attached hydrogen (secondary N) is 2. The Morgan fingerprint density at radius 3 is 2.82 bits per heavy atom. The van der Waals surface area contributed by atoms with Crippen LogP contribution in [0.5, 0.6) is 0 Å². The average Bonchev–Trinajstić information content (AvgIpc) is 3.65. The van der Waals surface area contributed by atoms with Gasteiger partial charge in [-0.25, -0.2) is 33.4 Å². The summed E-state index contributed by atoms with van der Waals surface area (Å²) in [4.78, 5) is 35.5. The molecular formula is C31H29F2N11O. The van der Waals surface area contributed by atoms with Crippen molar-refractivity contribution in [2.24, 2.45) is 0 Å². The number of hydrogen-bond acceptors (Lipinski definition) is 10. The SMILES string of the molecule is CN1CCCC(=N)c2c(ccnc2N)-c2cccc(n2)NC2CC(C1=O)N(c1ncnc3c1cnn3-c1ccc(F)cc1F)C2. The molecule has 14 heteroatoms. The van der Waals surface area contributed by atoms with Gasteiger partial charge in [0.2, 0.25) is 5.91 Å². The van der Waals surface area contributed by atoms with E-state index in [1.165, 1.54) is 23.3 Å². The van der Waals surface area contributed by atoms with E-state index < -0.39 is 17.7 Å². The van der Waals surface area contributed by atoms with Crippen LogP contribution in [0, 0.1) is 17.0 Å². The fraction of sp³-hybridized carbons (Fsp3) is 0.258. The largest absolute Gasteiger partial charge is 0.383 e. The molecule has 2 aliphatic heterocycles. The number of amides is 1. The molecule has 5 aromatic rings. The predicted molar refractivity (Wildman–Crippen MR) is 165 cm³/mol. The standard InChI is InChI=1S/C31H29F2N11O/c1-42-11-3-4-22(34)27-19(9-10-36-28(27)35)23-5-2-6-26(41-23)40-18-13-25(31(42)45)43(15-18)29-20-14-39-44(30(20)38-16-37-29)24-8-7-17(32)12-21(24)33/h2,5-10,12,14,16,18,25,34H,3-4,11,13,15H2,1H3,(H2,35,36)(H,40,41). The molecule has 4 aromatic heterocycles. The number of nitrogen functional groups attached to an aromatic ring is 1. The van der Waals surface area contributed by atoms with Gasteiger partial charge in [0.05, 0.1) is 17.3 Å². The highest BCUT2D eigenvalue weighted by Gasteiger charge is 2.40. The zero-order valence-electron chi connectivity index (χ0n) is 24.3. The van der Waals surface area contributed by atoms with Crippen LogP contribution in [0.25, 0.3) is 28.0 Å². The first-order chi connectivity index (χ1) is 21.8. The van der Waals surface area contributed by atoms with Gasteiger partial charge >= 0.3 is 0 Å². The van der Waals surface area contributed by atoms with Crippen molar-refractivity contribution in [2.45, 2.75) is 31.3 Å². The molecule has 2 atom stereocenters. The molecule has 0 spiro atoms. The number of nitrogens with zero attached hydrogens (tertiary/aromatic N) is 8. The molecule has 12 nitrogen and oxygen atoms in total. The van der Waals surface area contributed by atoms with Crippen molar-refractivity contribution in [1.82, 2.24) is 34.6 Å². The maximum Gasteiger partial charge on any atom is 0.245 e. The molecule has 228 valence electrons. The molecule has 6 heterocycles. The Morgan fingerprint density at radius 1 is 1.11 bits per heavy atom. The van der Waals surface area contributed by atoms with E-state index in [9.17, 15) is 13.6 Å². The van der Waals surface area contributed by atoms with E-state index in [2.05, 4.69) is 25.4 Å². The minimum Gasteiger partial charge on any atom is -0.383 e. The molecule has 1 fully saturated rings. The van der Waals surface area contributed by atoms with Crippen LogP contribution >= 0.6 is 0 Å².